The van der Waals surface area contributed by atoms with Crippen molar-refractivity contribution in [2.24, 2.45) is 0 Å². The number of carbonyl (C=O) groups excluding carboxylic acids is 3. The topological polar surface area (TPSA) is 84.5 Å². The molecule has 2 aromatic carbocycles. The zero-order valence-electron chi connectivity index (χ0n) is 14.4. The monoisotopic (exact) mass is 352 g/mol. The van der Waals surface area contributed by atoms with Crippen LogP contribution in [0.1, 0.15) is 12.5 Å². The third-order valence-corrected chi connectivity index (χ3v) is 3.28. The van der Waals surface area contributed by atoms with Gasteiger partial charge in [0.2, 0.25) is 11.8 Å². The number of esters is 1. The number of amides is 2. The molecule has 0 unspecified atom stereocenters. The van der Waals surface area contributed by atoms with Gasteiger partial charge in [0.15, 0.2) is 0 Å². The van der Waals surface area contributed by atoms with Gasteiger partial charge >= 0.3 is 5.97 Å². The summed E-state index contributed by atoms with van der Waals surface area (Å²) in [6, 6.07) is 16.2. The number of nitrogens with one attached hydrogen (secondary N) is 2. The van der Waals surface area contributed by atoms with Gasteiger partial charge in [0, 0.05) is 23.5 Å². The molecule has 0 spiro atoms. The first kappa shape index (κ1) is 18.9. The van der Waals surface area contributed by atoms with Crippen LogP contribution in [0.2, 0.25) is 0 Å². The minimum absolute atomic E-state index is 0.151. The first-order valence-electron chi connectivity index (χ1n) is 8.16. The molecule has 6 heteroatoms. The highest BCUT2D eigenvalue weighted by molar-refractivity contribution is 6.03. The predicted molar refractivity (Wildman–Crippen MR) is 99.6 cm³/mol. The van der Waals surface area contributed by atoms with E-state index in [0.717, 1.165) is 17.7 Å². The molecule has 2 N–H and O–H groups in total. The molecule has 6 nitrogen and oxygen atoms in total. The van der Waals surface area contributed by atoms with E-state index in [1.165, 1.54) is 0 Å². The lowest BCUT2D eigenvalue weighted by Crippen LogP contribution is -2.15. The first-order chi connectivity index (χ1) is 12.6. The second kappa shape index (κ2) is 9.78. The summed E-state index contributed by atoms with van der Waals surface area (Å²) in [7, 11) is 0. The molecule has 0 heterocycles. The van der Waals surface area contributed by atoms with Gasteiger partial charge in [-0.2, -0.15) is 0 Å². The Labute approximate surface area is 151 Å². The average Bonchev–Trinajstić information content (AvgIpc) is 2.61. The molecule has 0 bridgehead atoms. The van der Waals surface area contributed by atoms with Crippen molar-refractivity contribution >= 4 is 29.2 Å². The van der Waals surface area contributed by atoms with Crippen molar-refractivity contribution in [3.8, 4) is 0 Å². The molecule has 26 heavy (non-hydrogen) atoms. The number of carbonyl (C=O) groups is 3. The van der Waals surface area contributed by atoms with Crippen molar-refractivity contribution in [3.05, 3.63) is 72.3 Å². The summed E-state index contributed by atoms with van der Waals surface area (Å²) in [6.45, 7) is 1.93. The second-order valence-electron chi connectivity index (χ2n) is 5.37. The van der Waals surface area contributed by atoms with E-state index in [9.17, 15) is 14.4 Å². The van der Waals surface area contributed by atoms with E-state index in [2.05, 4.69) is 10.6 Å². The SMILES string of the molecule is CCOC(=O)/C=C/C(=O)Nc1cccc(NC(=O)Cc2ccccc2)c1. The summed E-state index contributed by atoms with van der Waals surface area (Å²) >= 11 is 0. The Hall–Kier alpha value is -3.41. The van der Waals surface area contributed by atoms with Gasteiger partial charge in [-0.3, -0.25) is 9.59 Å². The van der Waals surface area contributed by atoms with Crippen LogP contribution in [0.25, 0.3) is 0 Å². The van der Waals surface area contributed by atoms with E-state index < -0.39 is 11.9 Å². The molecule has 0 saturated heterocycles. The summed E-state index contributed by atoms with van der Waals surface area (Å²) < 4.78 is 4.70. The van der Waals surface area contributed by atoms with Gasteiger partial charge in [0.05, 0.1) is 13.0 Å². The van der Waals surface area contributed by atoms with Crippen molar-refractivity contribution in [1.29, 1.82) is 0 Å². The number of hydrogen-bond acceptors (Lipinski definition) is 4. The van der Waals surface area contributed by atoms with Crippen LogP contribution in [0.4, 0.5) is 11.4 Å². The molecule has 2 aromatic rings. The standard InChI is InChI=1S/C20H20N2O4/c1-2-26-20(25)12-11-18(23)21-16-9-6-10-17(14-16)22-19(24)13-15-7-4-3-5-8-15/h3-12,14H,2,13H2,1H3,(H,21,23)(H,22,24)/b12-11+. The third kappa shape index (κ3) is 6.60. The molecule has 0 saturated carbocycles. The Morgan fingerprint density at radius 1 is 0.923 bits per heavy atom. The number of ether oxygens (including phenoxy) is 1. The van der Waals surface area contributed by atoms with Crippen LogP contribution in [-0.2, 0) is 25.5 Å². The van der Waals surface area contributed by atoms with Crippen LogP contribution in [0.15, 0.2) is 66.7 Å². The first-order valence-corrected chi connectivity index (χ1v) is 8.16. The molecule has 0 atom stereocenters. The Bertz CT molecular complexity index is 800. The van der Waals surface area contributed by atoms with E-state index in [1.54, 1.807) is 31.2 Å². The van der Waals surface area contributed by atoms with Crippen molar-refractivity contribution in [2.75, 3.05) is 17.2 Å². The van der Waals surface area contributed by atoms with Crippen molar-refractivity contribution < 1.29 is 19.1 Å². The average molecular weight is 352 g/mol. The van der Waals surface area contributed by atoms with Crippen molar-refractivity contribution in [1.82, 2.24) is 0 Å². The van der Waals surface area contributed by atoms with Gasteiger partial charge in [0.25, 0.3) is 0 Å². The van der Waals surface area contributed by atoms with Crippen LogP contribution in [0.3, 0.4) is 0 Å². The molecule has 0 aliphatic carbocycles. The quantitative estimate of drug-likeness (QED) is 0.593. The third-order valence-electron chi connectivity index (χ3n) is 3.28. The summed E-state index contributed by atoms with van der Waals surface area (Å²) in [4.78, 5) is 35.1. The van der Waals surface area contributed by atoms with Gasteiger partial charge in [-0.25, -0.2) is 4.79 Å². The van der Waals surface area contributed by atoms with E-state index >= 15 is 0 Å². The zero-order chi connectivity index (χ0) is 18.8. The second-order valence-corrected chi connectivity index (χ2v) is 5.37. The number of hydrogen-bond donors (Lipinski definition) is 2. The summed E-state index contributed by atoms with van der Waals surface area (Å²) in [5.74, 6) is -1.20. The maximum atomic E-state index is 12.1. The van der Waals surface area contributed by atoms with Crippen molar-refractivity contribution in [3.63, 3.8) is 0 Å². The lowest BCUT2D eigenvalue weighted by atomic mass is 10.1. The molecular formula is C20H20N2O4. The molecule has 2 rings (SSSR count). The van der Waals surface area contributed by atoms with Crippen LogP contribution >= 0.6 is 0 Å². The molecule has 0 fully saturated rings. The molecular weight excluding hydrogens is 332 g/mol. The largest absolute Gasteiger partial charge is 0.463 e. The van der Waals surface area contributed by atoms with Gasteiger partial charge in [-0.15, -0.1) is 0 Å². The lowest BCUT2D eigenvalue weighted by Gasteiger charge is -2.08. The Morgan fingerprint density at radius 3 is 2.31 bits per heavy atom. The maximum absolute atomic E-state index is 12.1. The molecule has 2 amide bonds. The van der Waals surface area contributed by atoms with E-state index in [1.807, 2.05) is 30.3 Å². The van der Waals surface area contributed by atoms with E-state index in [4.69, 9.17) is 4.74 Å². The molecule has 0 aliphatic rings. The molecule has 0 aliphatic heterocycles. The molecule has 134 valence electrons. The number of benzene rings is 2. The summed E-state index contributed by atoms with van der Waals surface area (Å²) in [6.07, 6.45) is 2.42. The van der Waals surface area contributed by atoms with Crippen molar-refractivity contribution in [2.45, 2.75) is 13.3 Å². The zero-order valence-corrected chi connectivity index (χ0v) is 14.4. The smallest absolute Gasteiger partial charge is 0.330 e. The van der Waals surface area contributed by atoms with Crippen LogP contribution in [0, 0.1) is 0 Å². The predicted octanol–water partition coefficient (Wildman–Crippen LogP) is 2.93. The Balaban J connectivity index is 1.91. The van der Waals surface area contributed by atoms with Gasteiger partial charge in [-0.05, 0) is 30.7 Å². The van der Waals surface area contributed by atoms with Crippen LogP contribution in [-0.4, -0.2) is 24.4 Å². The van der Waals surface area contributed by atoms with Crippen LogP contribution < -0.4 is 10.6 Å². The van der Waals surface area contributed by atoms with Gasteiger partial charge in [0.1, 0.15) is 0 Å². The molecule has 0 radical (unpaired) electrons. The summed E-state index contributed by atoms with van der Waals surface area (Å²) in [5, 5.41) is 5.41. The fourth-order valence-corrected chi connectivity index (χ4v) is 2.18. The van der Waals surface area contributed by atoms with E-state index in [-0.39, 0.29) is 18.9 Å². The Kier molecular flexibility index (Phi) is 7.12. The van der Waals surface area contributed by atoms with E-state index in [0.29, 0.717) is 11.4 Å². The minimum Gasteiger partial charge on any atom is -0.463 e. The fraction of sp³-hybridized carbons (Fsp3) is 0.150. The lowest BCUT2D eigenvalue weighted by molar-refractivity contribution is -0.137. The van der Waals surface area contributed by atoms with Crippen LogP contribution in [0.5, 0.6) is 0 Å². The number of rotatable bonds is 7. The highest BCUT2D eigenvalue weighted by Crippen LogP contribution is 2.15. The fourth-order valence-electron chi connectivity index (χ4n) is 2.18. The molecule has 0 aromatic heterocycles. The summed E-state index contributed by atoms with van der Waals surface area (Å²) in [5.41, 5.74) is 1.98. The highest BCUT2D eigenvalue weighted by atomic mass is 16.5. The number of anilines is 2. The highest BCUT2D eigenvalue weighted by Gasteiger charge is 2.05. The maximum Gasteiger partial charge on any atom is 0.330 e. The Morgan fingerprint density at radius 2 is 1.62 bits per heavy atom. The van der Waals surface area contributed by atoms with Gasteiger partial charge < -0.3 is 15.4 Å². The normalized spacial score (nSPS) is 10.3. The minimum atomic E-state index is -0.579. The van der Waals surface area contributed by atoms with Gasteiger partial charge in [-0.1, -0.05) is 36.4 Å².